The highest BCUT2D eigenvalue weighted by atomic mass is 32.2. The smallest absolute Gasteiger partial charge is 0.391 e. The van der Waals surface area contributed by atoms with Gasteiger partial charge in [-0.3, -0.25) is 9.19 Å². The van der Waals surface area contributed by atoms with Gasteiger partial charge in [0.05, 0.1) is 44.7 Å². The Bertz CT molecular complexity index is 2440. The fraction of sp³-hybridized carbons (Fsp3) is 0.375. The van der Waals surface area contributed by atoms with Crippen LogP contribution in [0.5, 0.6) is 0 Å². The maximum atomic E-state index is 12.5. The lowest BCUT2D eigenvalue weighted by atomic mass is 10.1. The predicted octanol–water partition coefficient (Wildman–Crippen LogP) is 1.52. The van der Waals surface area contributed by atoms with Gasteiger partial charge in [0.2, 0.25) is 40.1 Å². The van der Waals surface area contributed by atoms with E-state index in [2.05, 4.69) is 25.0 Å². The number of hydrogen-bond donors (Lipinski definition) is 5. The van der Waals surface area contributed by atoms with Crippen LogP contribution in [0.4, 0.5) is 13.2 Å². The Morgan fingerprint density at radius 3 is 1.58 bits per heavy atom. The van der Waals surface area contributed by atoms with Gasteiger partial charge in [-0.15, -0.1) is 0 Å². The summed E-state index contributed by atoms with van der Waals surface area (Å²) in [4.78, 5) is 3.69. The van der Waals surface area contributed by atoms with Crippen LogP contribution in [-0.2, 0) is 55.8 Å². The first-order valence-electron chi connectivity index (χ1n) is 14.9. The van der Waals surface area contributed by atoms with E-state index in [4.69, 9.17) is 10.5 Å². The van der Waals surface area contributed by atoms with Crippen LogP contribution in [0.25, 0.3) is 0 Å². The van der Waals surface area contributed by atoms with Crippen LogP contribution in [-0.4, -0.2) is 105 Å². The Kier molecular flexibility index (Phi) is 21.5. The van der Waals surface area contributed by atoms with Crippen LogP contribution >= 0.6 is 0 Å². The summed E-state index contributed by atoms with van der Waals surface area (Å²) >= 11 is 0. The molecule has 2 heterocycles. The summed E-state index contributed by atoms with van der Waals surface area (Å²) in [6.07, 6.45) is -4.51. The van der Waals surface area contributed by atoms with Crippen molar-refractivity contribution in [3.05, 3.63) is 83.2 Å². The van der Waals surface area contributed by atoms with Gasteiger partial charge in [-0.1, -0.05) is 14.9 Å². The van der Waals surface area contributed by atoms with Crippen molar-refractivity contribution >= 4 is 55.5 Å². The van der Waals surface area contributed by atoms with Gasteiger partial charge in [0, 0.05) is 23.4 Å². The third-order valence-electron chi connectivity index (χ3n) is 7.08. The highest BCUT2D eigenvalue weighted by Gasteiger charge is 2.41. The summed E-state index contributed by atoms with van der Waals surface area (Å²) in [6, 6.07) is 14.4. The molecule has 1 aliphatic rings. The fourth-order valence-corrected chi connectivity index (χ4v) is 10.4. The maximum absolute atomic E-state index is 12.5. The second-order valence-corrected chi connectivity index (χ2v) is 21.2. The second kappa shape index (κ2) is 22.2. The van der Waals surface area contributed by atoms with E-state index >= 15 is 0 Å². The molecule has 3 unspecified atom stereocenters. The number of benzene rings is 2. The van der Waals surface area contributed by atoms with Crippen molar-refractivity contribution in [1.29, 1.82) is 10.5 Å². The van der Waals surface area contributed by atoms with E-state index in [1.54, 1.807) is 13.0 Å². The Morgan fingerprint density at radius 1 is 0.754 bits per heavy atom. The SMILES string of the molecule is C.C.C=S1(=O)CC(O)C(S(=O)(=O)NC)C1.CNS(=O)(=O)c1ccc(C#N)c(C(F)(F)F)c1.CNS(=O)(=O)c1ccc(C#N)cc1.CNS(=O)(=O)c1ccc(C)nc1. The van der Waals surface area contributed by atoms with E-state index in [1.165, 1.54) is 63.7 Å². The van der Waals surface area contributed by atoms with Crippen LogP contribution in [0, 0.1) is 29.6 Å². The number of hydrogen-bond acceptors (Lipinski definition) is 13. The monoisotopic (exact) mass is 905 g/mol. The molecule has 0 aliphatic carbocycles. The molecule has 25 heteroatoms. The topological polar surface area (TPSA) is 282 Å². The summed E-state index contributed by atoms with van der Waals surface area (Å²) in [7, 11) is -11.6. The Morgan fingerprint density at radius 2 is 1.21 bits per heavy atom. The summed E-state index contributed by atoms with van der Waals surface area (Å²) in [5, 5.41) is 25.4. The predicted molar refractivity (Wildman–Crippen MR) is 211 cm³/mol. The zero-order valence-electron chi connectivity index (χ0n) is 29.7. The lowest BCUT2D eigenvalue weighted by Gasteiger charge is -2.12. The fourth-order valence-electron chi connectivity index (χ4n) is 4.04. The Balaban J connectivity index is 0. The van der Waals surface area contributed by atoms with Crippen molar-refractivity contribution < 1.29 is 56.2 Å². The average Bonchev–Trinajstić information content (AvgIpc) is 3.44. The van der Waals surface area contributed by atoms with Crippen molar-refractivity contribution in [2.45, 2.75) is 54.0 Å². The van der Waals surface area contributed by atoms with Gasteiger partial charge in [0.25, 0.3) is 0 Å². The summed E-state index contributed by atoms with van der Waals surface area (Å²) in [5.74, 6) is 3.31. The standard InChI is InChI=1S/C9H7F3N2O2S.C8H8N2O2S.C7H10N2O2S.C6H13NO4S2.2CH4/c1-14-17(15,16)7-3-2-6(5-13)8(4-7)9(10,11)12;1-10-13(11,12)8-4-2-7(6-9)3-5-8;1-6-3-4-7(5-9-6)12(10,11)8-2;1-7-13(10,11)6-4-12(2,9)3-5(6)8;;/h2-4,14H,1H3;2-5,10H,1H3;3-5,8H,1-2H3;5-8H,2-4H2,1H3;2*1H4. The first kappa shape index (κ1) is 55.1. The number of halogens is 3. The molecule has 4 rings (SSSR count). The van der Waals surface area contributed by atoms with Gasteiger partial charge in [-0.25, -0.2) is 52.6 Å². The van der Waals surface area contributed by atoms with Crippen LogP contribution in [0.2, 0.25) is 0 Å². The molecule has 0 spiro atoms. The van der Waals surface area contributed by atoms with Crippen molar-refractivity contribution in [2.24, 2.45) is 0 Å². The second-order valence-electron chi connectivity index (χ2n) is 10.9. The number of aliphatic hydroxyl groups excluding tert-OH is 1. The Hall–Kier alpha value is -4.02. The Labute approximate surface area is 333 Å². The number of rotatable bonds is 8. The normalized spacial score (nSPS) is 17.8. The zero-order chi connectivity index (χ0) is 42.6. The molecule has 1 aromatic heterocycles. The molecule has 1 fully saturated rings. The van der Waals surface area contributed by atoms with Crippen molar-refractivity contribution in [1.82, 2.24) is 23.9 Å². The van der Waals surface area contributed by atoms with Gasteiger partial charge in [0.15, 0.2) is 0 Å². The quantitative estimate of drug-likeness (QED) is 0.201. The molecule has 57 heavy (non-hydrogen) atoms. The van der Waals surface area contributed by atoms with Crippen LogP contribution < -0.4 is 18.9 Å². The zero-order valence-corrected chi connectivity index (χ0v) is 33.8. The van der Waals surface area contributed by atoms with Gasteiger partial charge in [-0.2, -0.15) is 23.7 Å². The van der Waals surface area contributed by atoms with Crippen molar-refractivity contribution in [3.63, 3.8) is 0 Å². The van der Waals surface area contributed by atoms with E-state index in [0.717, 1.165) is 24.9 Å². The largest absolute Gasteiger partial charge is 0.417 e. The first-order chi connectivity index (χ1) is 25.2. The van der Waals surface area contributed by atoms with Gasteiger partial charge >= 0.3 is 6.18 Å². The number of sulfonamides is 4. The van der Waals surface area contributed by atoms with Crippen LogP contribution in [0.3, 0.4) is 0 Å². The number of pyridine rings is 1. The highest BCUT2D eigenvalue weighted by molar-refractivity contribution is 8.02. The molecule has 17 nitrogen and oxygen atoms in total. The van der Waals surface area contributed by atoms with Gasteiger partial charge < -0.3 is 5.11 Å². The van der Waals surface area contributed by atoms with E-state index < -0.39 is 83.2 Å². The van der Waals surface area contributed by atoms with E-state index in [9.17, 15) is 56.2 Å². The molecule has 2 aromatic carbocycles. The van der Waals surface area contributed by atoms with Crippen LogP contribution in [0.15, 0.2) is 75.5 Å². The molecular formula is C32H46F3N7O10S5. The first-order valence-corrected chi connectivity index (χ1v) is 23.0. The molecule has 3 aromatic rings. The third kappa shape index (κ3) is 16.4. The van der Waals surface area contributed by atoms with Gasteiger partial charge in [-0.05, 0) is 105 Å². The maximum Gasteiger partial charge on any atom is 0.417 e. The minimum Gasteiger partial charge on any atom is -0.391 e. The van der Waals surface area contributed by atoms with Gasteiger partial charge in [0.1, 0.15) is 10.1 Å². The van der Waals surface area contributed by atoms with E-state index in [-0.39, 0.29) is 36.1 Å². The number of nitriles is 2. The number of aryl methyl sites for hydroxylation is 1. The number of aliphatic hydroxyl groups is 1. The molecule has 3 atom stereocenters. The molecule has 320 valence electrons. The van der Waals surface area contributed by atoms with Crippen LogP contribution in [0.1, 0.15) is 37.2 Å². The average molecular weight is 906 g/mol. The number of nitrogens with zero attached hydrogens (tertiary/aromatic N) is 3. The van der Waals surface area contributed by atoms with E-state index in [1.807, 2.05) is 10.8 Å². The summed E-state index contributed by atoms with van der Waals surface area (Å²) in [5.41, 5.74) is -0.649. The van der Waals surface area contributed by atoms with Crippen molar-refractivity contribution in [3.8, 4) is 12.1 Å². The van der Waals surface area contributed by atoms with E-state index in [0.29, 0.717) is 11.6 Å². The molecule has 0 bridgehead atoms. The third-order valence-corrected chi connectivity index (χ3v) is 15.3. The minimum absolute atomic E-state index is 0. The molecule has 0 saturated carbocycles. The lowest BCUT2D eigenvalue weighted by Crippen LogP contribution is -2.39. The molecule has 5 N–H and O–H groups in total. The molecular weight excluding hydrogens is 860 g/mol. The molecule has 1 saturated heterocycles. The van der Waals surface area contributed by atoms with Crippen molar-refractivity contribution in [2.75, 3.05) is 39.7 Å². The number of nitrogens with one attached hydrogen (secondary N) is 4. The summed E-state index contributed by atoms with van der Waals surface area (Å²) < 4.78 is 147. The number of aromatic nitrogens is 1. The molecule has 0 amide bonds. The summed E-state index contributed by atoms with van der Waals surface area (Å²) in [6.45, 7) is 1.80. The number of alkyl halides is 3. The lowest BCUT2D eigenvalue weighted by molar-refractivity contribution is -0.137. The molecule has 1 aliphatic heterocycles. The molecule has 0 radical (unpaired) electrons. The highest BCUT2D eigenvalue weighted by Crippen LogP contribution is 2.33. The minimum atomic E-state index is -4.77.